The summed E-state index contributed by atoms with van der Waals surface area (Å²) in [7, 11) is 0. The largest absolute Gasteiger partial charge is 0.352 e. The summed E-state index contributed by atoms with van der Waals surface area (Å²) in [6.07, 6.45) is 1.95. The molecule has 3 nitrogen and oxygen atoms in total. The lowest BCUT2D eigenvalue weighted by atomic mass is 10.1. The summed E-state index contributed by atoms with van der Waals surface area (Å²) in [6.45, 7) is 10.3. The summed E-state index contributed by atoms with van der Waals surface area (Å²) in [5.74, 6) is 0.0812. The first-order valence-electron chi connectivity index (χ1n) is 7.60. The average molecular weight is 276 g/mol. The van der Waals surface area contributed by atoms with Crippen LogP contribution < -0.4 is 10.6 Å². The van der Waals surface area contributed by atoms with Gasteiger partial charge in [0.15, 0.2) is 0 Å². The molecule has 0 aliphatic carbocycles. The Morgan fingerprint density at radius 3 is 2.15 bits per heavy atom. The standard InChI is InChI=1S/C17H28N2O/c1-6-16(7-2)19-17(20)14(5)18-13(4)15-10-8-12(3)9-11-15/h8-11,13-14,16,18H,6-7H2,1-5H3,(H,19,20)/t13-,14?/m0/s1. The fraction of sp³-hybridized carbons (Fsp3) is 0.588. The molecular formula is C17H28N2O. The Morgan fingerprint density at radius 1 is 1.10 bits per heavy atom. The molecular weight excluding hydrogens is 248 g/mol. The summed E-state index contributed by atoms with van der Waals surface area (Å²) < 4.78 is 0. The van der Waals surface area contributed by atoms with Gasteiger partial charge in [0.2, 0.25) is 5.91 Å². The van der Waals surface area contributed by atoms with Crippen LogP contribution in [0.15, 0.2) is 24.3 Å². The second kappa shape index (κ2) is 8.05. The van der Waals surface area contributed by atoms with Crippen molar-refractivity contribution in [3.8, 4) is 0 Å². The number of carbonyl (C=O) groups is 1. The number of aryl methyl sites for hydroxylation is 1. The molecule has 0 heterocycles. The summed E-state index contributed by atoms with van der Waals surface area (Å²) in [6, 6.07) is 8.67. The maximum Gasteiger partial charge on any atom is 0.237 e. The molecule has 1 amide bonds. The SMILES string of the molecule is CCC(CC)NC(=O)C(C)N[C@@H](C)c1ccc(C)cc1. The van der Waals surface area contributed by atoms with E-state index in [0.717, 1.165) is 12.8 Å². The van der Waals surface area contributed by atoms with Crippen molar-refractivity contribution >= 4 is 5.91 Å². The lowest BCUT2D eigenvalue weighted by Gasteiger charge is -2.22. The highest BCUT2D eigenvalue weighted by Crippen LogP contribution is 2.13. The fourth-order valence-electron chi connectivity index (χ4n) is 2.22. The van der Waals surface area contributed by atoms with Gasteiger partial charge in [-0.05, 0) is 39.2 Å². The molecule has 0 fully saturated rings. The number of carbonyl (C=O) groups excluding carboxylic acids is 1. The van der Waals surface area contributed by atoms with Gasteiger partial charge in [-0.2, -0.15) is 0 Å². The molecule has 1 aromatic rings. The zero-order chi connectivity index (χ0) is 15.1. The zero-order valence-corrected chi connectivity index (χ0v) is 13.4. The normalized spacial score (nSPS) is 14.1. The van der Waals surface area contributed by atoms with Gasteiger partial charge < -0.3 is 5.32 Å². The van der Waals surface area contributed by atoms with E-state index in [0.29, 0.717) is 0 Å². The Hall–Kier alpha value is -1.35. The van der Waals surface area contributed by atoms with Crippen molar-refractivity contribution in [1.82, 2.24) is 10.6 Å². The maximum absolute atomic E-state index is 12.1. The number of benzene rings is 1. The highest BCUT2D eigenvalue weighted by molar-refractivity contribution is 5.81. The van der Waals surface area contributed by atoms with Crippen molar-refractivity contribution in [2.75, 3.05) is 0 Å². The minimum absolute atomic E-state index is 0.0812. The third-order valence-corrected chi connectivity index (χ3v) is 3.80. The van der Waals surface area contributed by atoms with Crippen molar-refractivity contribution in [2.24, 2.45) is 0 Å². The smallest absolute Gasteiger partial charge is 0.237 e. The molecule has 0 aromatic heterocycles. The van der Waals surface area contributed by atoms with Crippen LogP contribution in [0.5, 0.6) is 0 Å². The van der Waals surface area contributed by atoms with Crippen LogP contribution in [0.25, 0.3) is 0 Å². The van der Waals surface area contributed by atoms with E-state index in [1.807, 2.05) is 6.92 Å². The molecule has 1 rings (SSSR count). The molecule has 0 aliphatic heterocycles. The van der Waals surface area contributed by atoms with Gasteiger partial charge in [0.25, 0.3) is 0 Å². The first-order chi connectivity index (χ1) is 9.47. The maximum atomic E-state index is 12.1. The molecule has 0 bridgehead atoms. The molecule has 1 aromatic carbocycles. The van der Waals surface area contributed by atoms with E-state index >= 15 is 0 Å². The number of hydrogen-bond acceptors (Lipinski definition) is 2. The summed E-state index contributed by atoms with van der Waals surface area (Å²) >= 11 is 0. The van der Waals surface area contributed by atoms with Crippen molar-refractivity contribution in [3.05, 3.63) is 35.4 Å². The van der Waals surface area contributed by atoms with Gasteiger partial charge in [0.1, 0.15) is 0 Å². The van der Waals surface area contributed by atoms with E-state index in [-0.39, 0.29) is 24.0 Å². The Bertz CT molecular complexity index is 410. The molecule has 20 heavy (non-hydrogen) atoms. The number of hydrogen-bond donors (Lipinski definition) is 2. The molecule has 2 N–H and O–H groups in total. The Morgan fingerprint density at radius 2 is 1.65 bits per heavy atom. The minimum Gasteiger partial charge on any atom is -0.352 e. The molecule has 112 valence electrons. The van der Waals surface area contributed by atoms with Crippen molar-refractivity contribution < 1.29 is 4.79 Å². The van der Waals surface area contributed by atoms with E-state index in [1.165, 1.54) is 11.1 Å². The predicted molar refractivity (Wildman–Crippen MR) is 84.7 cm³/mol. The third-order valence-electron chi connectivity index (χ3n) is 3.80. The number of rotatable bonds is 7. The molecule has 2 atom stereocenters. The first-order valence-corrected chi connectivity index (χ1v) is 7.60. The second-order valence-electron chi connectivity index (χ2n) is 5.54. The molecule has 1 unspecified atom stereocenters. The molecule has 0 aliphatic rings. The van der Waals surface area contributed by atoms with Gasteiger partial charge in [-0.3, -0.25) is 10.1 Å². The molecule has 0 saturated carbocycles. The average Bonchev–Trinajstić information content (AvgIpc) is 2.44. The van der Waals surface area contributed by atoms with E-state index in [1.54, 1.807) is 0 Å². The van der Waals surface area contributed by atoms with Crippen LogP contribution in [0, 0.1) is 6.92 Å². The topological polar surface area (TPSA) is 41.1 Å². The van der Waals surface area contributed by atoms with Crippen LogP contribution in [0.2, 0.25) is 0 Å². The van der Waals surface area contributed by atoms with Gasteiger partial charge in [-0.15, -0.1) is 0 Å². The van der Waals surface area contributed by atoms with Crippen molar-refractivity contribution in [2.45, 2.75) is 65.6 Å². The van der Waals surface area contributed by atoms with Gasteiger partial charge >= 0.3 is 0 Å². The predicted octanol–water partition coefficient (Wildman–Crippen LogP) is 3.34. The first kappa shape index (κ1) is 16.7. The van der Waals surface area contributed by atoms with Crippen LogP contribution in [-0.4, -0.2) is 18.0 Å². The quantitative estimate of drug-likeness (QED) is 0.802. The monoisotopic (exact) mass is 276 g/mol. The summed E-state index contributed by atoms with van der Waals surface area (Å²) in [5.41, 5.74) is 2.46. The van der Waals surface area contributed by atoms with E-state index < -0.39 is 0 Å². The van der Waals surface area contributed by atoms with Crippen LogP contribution >= 0.6 is 0 Å². The van der Waals surface area contributed by atoms with Gasteiger partial charge in [0.05, 0.1) is 6.04 Å². The van der Waals surface area contributed by atoms with Crippen LogP contribution in [0.1, 0.15) is 57.7 Å². The molecule has 0 radical (unpaired) electrons. The van der Waals surface area contributed by atoms with Crippen molar-refractivity contribution in [1.29, 1.82) is 0 Å². The highest BCUT2D eigenvalue weighted by atomic mass is 16.2. The second-order valence-corrected chi connectivity index (χ2v) is 5.54. The fourth-order valence-corrected chi connectivity index (χ4v) is 2.22. The van der Waals surface area contributed by atoms with E-state index in [9.17, 15) is 4.79 Å². The lowest BCUT2D eigenvalue weighted by Crippen LogP contribution is -2.46. The van der Waals surface area contributed by atoms with Crippen LogP contribution in [-0.2, 0) is 4.79 Å². The third kappa shape index (κ3) is 4.97. The Kier molecular flexibility index (Phi) is 6.73. The van der Waals surface area contributed by atoms with Crippen LogP contribution in [0.4, 0.5) is 0 Å². The summed E-state index contributed by atoms with van der Waals surface area (Å²) in [5, 5.41) is 6.44. The van der Waals surface area contributed by atoms with E-state index in [2.05, 4.69) is 62.6 Å². The molecule has 0 spiro atoms. The molecule has 3 heteroatoms. The zero-order valence-electron chi connectivity index (χ0n) is 13.4. The number of amides is 1. The van der Waals surface area contributed by atoms with Crippen LogP contribution in [0.3, 0.4) is 0 Å². The van der Waals surface area contributed by atoms with Crippen molar-refractivity contribution in [3.63, 3.8) is 0 Å². The number of nitrogens with one attached hydrogen (secondary N) is 2. The van der Waals surface area contributed by atoms with Gasteiger partial charge in [-0.25, -0.2) is 0 Å². The van der Waals surface area contributed by atoms with E-state index in [4.69, 9.17) is 0 Å². The highest BCUT2D eigenvalue weighted by Gasteiger charge is 2.18. The van der Waals surface area contributed by atoms with Gasteiger partial charge in [-0.1, -0.05) is 43.7 Å². The Balaban J connectivity index is 2.54. The summed E-state index contributed by atoms with van der Waals surface area (Å²) in [4.78, 5) is 12.1. The Labute approximate surface area is 123 Å². The lowest BCUT2D eigenvalue weighted by molar-refractivity contribution is -0.123. The molecule has 0 saturated heterocycles. The van der Waals surface area contributed by atoms with Gasteiger partial charge in [0, 0.05) is 12.1 Å². The minimum atomic E-state index is -0.188.